The van der Waals surface area contributed by atoms with E-state index in [4.69, 9.17) is 24.0 Å². The van der Waals surface area contributed by atoms with Crippen LogP contribution < -0.4 is 0 Å². The minimum atomic E-state index is -0.859. The molecule has 0 N–H and O–H groups in total. The molecule has 1 aliphatic carbocycles. The first-order chi connectivity index (χ1) is 16.2. The van der Waals surface area contributed by atoms with Crippen LogP contribution in [0.15, 0.2) is 24.3 Å². The fourth-order valence-corrected chi connectivity index (χ4v) is 7.57. The third-order valence-electron chi connectivity index (χ3n) is 8.57. The quantitative estimate of drug-likeness (QED) is 0.327. The number of imide groups is 1. The van der Waals surface area contributed by atoms with Gasteiger partial charge in [-0.05, 0) is 57.1 Å². The van der Waals surface area contributed by atoms with Crippen molar-refractivity contribution < 1.29 is 33.6 Å². The van der Waals surface area contributed by atoms with E-state index in [2.05, 4.69) is 29.8 Å². The van der Waals surface area contributed by atoms with Crippen molar-refractivity contribution in [2.24, 2.45) is 17.8 Å². The number of nitrogens with zero attached hydrogens (tertiary/aromatic N) is 1. The standard InChI is InChI=1S/C25H30BrNO7/c1-14-8-9-18-24(3,26)21(31-22-25(18)17(14)10-11-23(2,32-22)33-34-25)30-13-12-27-19(28)15-6-4-5-7-16(15)20(27)29/h4-7,14,17-18,21-22H,8-13H2,1-3H3/t14-,17+,18+,21-,22-,23-,24?,25-/m1/s1. The number of alkyl halides is 1. The lowest BCUT2D eigenvalue weighted by atomic mass is 9.58. The van der Waals surface area contributed by atoms with Crippen LogP contribution in [0.3, 0.4) is 0 Å². The highest BCUT2D eigenvalue weighted by atomic mass is 79.9. The number of rotatable bonds is 4. The molecular weight excluding hydrogens is 506 g/mol. The number of hydrogen-bond acceptors (Lipinski definition) is 7. The highest BCUT2D eigenvalue weighted by molar-refractivity contribution is 9.10. The number of ether oxygens (including phenoxy) is 3. The van der Waals surface area contributed by atoms with Gasteiger partial charge >= 0.3 is 0 Å². The molecule has 4 saturated heterocycles. The second-order valence-corrected chi connectivity index (χ2v) is 12.4. The molecule has 2 amide bonds. The van der Waals surface area contributed by atoms with E-state index in [0.717, 1.165) is 25.7 Å². The van der Waals surface area contributed by atoms with E-state index < -0.39 is 28.3 Å². The van der Waals surface area contributed by atoms with Crippen molar-refractivity contribution in [2.75, 3.05) is 13.2 Å². The van der Waals surface area contributed by atoms with Gasteiger partial charge in [-0.15, -0.1) is 0 Å². The first-order valence-corrected chi connectivity index (χ1v) is 12.9. The first kappa shape index (κ1) is 23.1. The zero-order valence-corrected chi connectivity index (χ0v) is 21.2. The lowest BCUT2D eigenvalue weighted by Crippen LogP contribution is -2.74. The zero-order chi connectivity index (χ0) is 23.9. The molecular formula is C25H30BrNO7. The van der Waals surface area contributed by atoms with Crippen molar-refractivity contribution >= 4 is 27.7 Å². The molecule has 0 aromatic heterocycles. The van der Waals surface area contributed by atoms with Gasteiger partial charge in [0.2, 0.25) is 5.79 Å². The molecule has 5 aliphatic heterocycles. The predicted molar refractivity (Wildman–Crippen MR) is 123 cm³/mol. The van der Waals surface area contributed by atoms with Crippen LogP contribution in [-0.4, -0.2) is 58.2 Å². The van der Waals surface area contributed by atoms with Crippen LogP contribution in [-0.2, 0) is 24.0 Å². The molecule has 5 heterocycles. The smallest absolute Gasteiger partial charge is 0.261 e. The average Bonchev–Trinajstić information content (AvgIpc) is 2.92. The Morgan fingerprint density at radius 3 is 2.50 bits per heavy atom. The van der Waals surface area contributed by atoms with Gasteiger partial charge in [0.1, 0.15) is 0 Å². The van der Waals surface area contributed by atoms with E-state index in [0.29, 0.717) is 17.0 Å². The summed E-state index contributed by atoms with van der Waals surface area (Å²) in [5, 5.41) is 0. The number of carbonyl (C=O) groups is 2. The third-order valence-corrected chi connectivity index (χ3v) is 9.50. The minimum Gasteiger partial charge on any atom is -0.349 e. The molecule has 1 saturated carbocycles. The Kier molecular flexibility index (Phi) is 5.30. The van der Waals surface area contributed by atoms with Gasteiger partial charge in [0.05, 0.1) is 28.6 Å². The number of fused-ring (bicyclic) bond motifs is 3. The fraction of sp³-hybridized carbons (Fsp3) is 0.680. The summed E-state index contributed by atoms with van der Waals surface area (Å²) in [6, 6.07) is 6.88. The van der Waals surface area contributed by atoms with Crippen molar-refractivity contribution in [1.29, 1.82) is 0 Å². The number of hydrogen-bond donors (Lipinski definition) is 0. The minimum absolute atomic E-state index is 0.0342. The molecule has 5 fully saturated rings. The summed E-state index contributed by atoms with van der Waals surface area (Å²) < 4.78 is 18.5. The van der Waals surface area contributed by atoms with Gasteiger partial charge in [0.15, 0.2) is 18.2 Å². The Morgan fingerprint density at radius 1 is 1.09 bits per heavy atom. The molecule has 0 radical (unpaired) electrons. The summed E-state index contributed by atoms with van der Waals surface area (Å²) in [6.45, 7) is 6.52. The second kappa shape index (κ2) is 7.82. The van der Waals surface area contributed by atoms with Gasteiger partial charge in [-0.2, -0.15) is 0 Å². The number of benzene rings is 1. The molecule has 34 heavy (non-hydrogen) atoms. The zero-order valence-electron chi connectivity index (χ0n) is 19.6. The van der Waals surface area contributed by atoms with Gasteiger partial charge in [0.25, 0.3) is 11.8 Å². The van der Waals surface area contributed by atoms with Gasteiger partial charge < -0.3 is 14.2 Å². The first-order valence-electron chi connectivity index (χ1n) is 12.1. The summed E-state index contributed by atoms with van der Waals surface area (Å²) in [5.41, 5.74) is 0.155. The Balaban J connectivity index is 1.21. The van der Waals surface area contributed by atoms with Gasteiger partial charge in [-0.3, -0.25) is 14.5 Å². The molecule has 9 heteroatoms. The van der Waals surface area contributed by atoms with Crippen LogP contribution in [0, 0.1) is 17.8 Å². The van der Waals surface area contributed by atoms with E-state index in [1.54, 1.807) is 24.3 Å². The molecule has 1 aromatic carbocycles. The average molecular weight is 536 g/mol. The van der Waals surface area contributed by atoms with Gasteiger partial charge in [-0.1, -0.05) is 35.0 Å². The van der Waals surface area contributed by atoms with E-state index >= 15 is 0 Å². The Morgan fingerprint density at radius 2 is 1.79 bits per heavy atom. The van der Waals surface area contributed by atoms with Crippen molar-refractivity contribution in [3.63, 3.8) is 0 Å². The van der Waals surface area contributed by atoms with E-state index in [1.165, 1.54) is 4.90 Å². The molecule has 1 aromatic rings. The maximum absolute atomic E-state index is 12.7. The Bertz CT molecular complexity index is 997. The van der Waals surface area contributed by atoms with Crippen LogP contribution in [0.4, 0.5) is 0 Å². The summed E-state index contributed by atoms with van der Waals surface area (Å²) >= 11 is 3.93. The molecule has 2 bridgehead atoms. The monoisotopic (exact) mass is 535 g/mol. The topological polar surface area (TPSA) is 83.5 Å². The number of halogens is 1. The molecule has 8 nitrogen and oxygen atoms in total. The summed E-state index contributed by atoms with van der Waals surface area (Å²) in [6.07, 6.45) is 2.40. The Hall–Kier alpha value is -1.36. The highest BCUT2D eigenvalue weighted by Crippen LogP contribution is 2.63. The largest absolute Gasteiger partial charge is 0.349 e. The van der Waals surface area contributed by atoms with Crippen LogP contribution in [0.25, 0.3) is 0 Å². The van der Waals surface area contributed by atoms with E-state index in [9.17, 15) is 9.59 Å². The fourth-order valence-electron chi connectivity index (χ4n) is 6.75. The van der Waals surface area contributed by atoms with Crippen LogP contribution in [0.1, 0.15) is 67.2 Å². The summed E-state index contributed by atoms with van der Waals surface area (Å²) in [7, 11) is 0. The molecule has 1 spiro atoms. The number of carbonyl (C=O) groups excluding carboxylic acids is 2. The number of amides is 2. The highest BCUT2D eigenvalue weighted by Gasteiger charge is 2.72. The molecule has 1 unspecified atom stereocenters. The van der Waals surface area contributed by atoms with Crippen LogP contribution in [0.2, 0.25) is 0 Å². The van der Waals surface area contributed by atoms with E-state index in [-0.39, 0.29) is 36.8 Å². The lowest BCUT2D eigenvalue weighted by Gasteiger charge is -2.62. The van der Waals surface area contributed by atoms with Crippen molar-refractivity contribution in [1.82, 2.24) is 4.90 Å². The lowest BCUT2D eigenvalue weighted by molar-refractivity contribution is -0.575. The molecule has 7 rings (SSSR count). The third kappa shape index (κ3) is 3.14. The summed E-state index contributed by atoms with van der Waals surface area (Å²) in [4.78, 5) is 38.7. The van der Waals surface area contributed by atoms with E-state index in [1.807, 2.05) is 6.92 Å². The normalized spacial score (nSPS) is 45.2. The second-order valence-electron chi connectivity index (χ2n) is 10.7. The maximum atomic E-state index is 12.7. The van der Waals surface area contributed by atoms with Crippen molar-refractivity contribution in [3.8, 4) is 0 Å². The summed E-state index contributed by atoms with van der Waals surface area (Å²) in [5.74, 6) is -0.696. The molecule has 184 valence electrons. The SMILES string of the molecule is C[C@@H]1CC[C@H]2C(C)(Br)[C@H](OCCN3C(=O)c4ccccc4C3=O)O[C@@H]3O[C@@]4(C)CC[C@@H]1[C@]32OO4. The van der Waals surface area contributed by atoms with Gasteiger partial charge in [-0.25, -0.2) is 9.78 Å². The van der Waals surface area contributed by atoms with Crippen LogP contribution >= 0.6 is 15.9 Å². The molecule has 8 atom stereocenters. The van der Waals surface area contributed by atoms with Crippen molar-refractivity contribution in [2.45, 2.75) is 74.7 Å². The maximum Gasteiger partial charge on any atom is 0.261 e. The Labute approximate surface area is 207 Å². The van der Waals surface area contributed by atoms with Crippen molar-refractivity contribution in [3.05, 3.63) is 35.4 Å². The van der Waals surface area contributed by atoms with Crippen LogP contribution in [0.5, 0.6) is 0 Å². The molecule has 6 aliphatic rings. The predicted octanol–water partition coefficient (Wildman–Crippen LogP) is 4.02. The van der Waals surface area contributed by atoms with Gasteiger partial charge in [0, 0.05) is 12.3 Å².